The number of benzene rings is 1. The van der Waals surface area contributed by atoms with Gasteiger partial charge in [0.2, 0.25) is 0 Å². The largest absolute Gasteiger partial charge is 0.383 e. The van der Waals surface area contributed by atoms with Crippen LogP contribution in [0.25, 0.3) is 0 Å². The molecule has 0 aromatic heterocycles. The Balaban J connectivity index is 2.05. The zero-order chi connectivity index (χ0) is 14.9. The second kappa shape index (κ2) is 5.46. The summed E-state index contributed by atoms with van der Waals surface area (Å²) in [4.78, 5) is 0. The number of hydrogen-bond donors (Lipinski definition) is 1. The Morgan fingerprint density at radius 1 is 1.05 bits per heavy atom. The molecule has 1 aromatic carbocycles. The van der Waals surface area contributed by atoms with Crippen LogP contribution in [-0.2, 0) is 12.0 Å². The maximum atomic E-state index is 11.5. The van der Waals surface area contributed by atoms with Gasteiger partial charge in [-0.05, 0) is 43.7 Å². The van der Waals surface area contributed by atoms with E-state index in [-0.39, 0.29) is 0 Å². The Labute approximate surface area is 127 Å². The molecule has 1 fully saturated rings. The lowest BCUT2D eigenvalue weighted by Crippen LogP contribution is -2.44. The van der Waals surface area contributed by atoms with E-state index < -0.39 is 11.0 Å². The van der Waals surface area contributed by atoms with Crippen molar-refractivity contribution in [3.05, 3.63) is 34.9 Å². The second-order valence-electron chi connectivity index (χ2n) is 6.98. The third-order valence-electron chi connectivity index (χ3n) is 5.68. The monoisotopic (exact) mass is 283 g/mol. The molecule has 1 aromatic rings. The second-order valence-corrected chi connectivity index (χ2v) is 6.98. The zero-order valence-electron chi connectivity index (χ0n) is 13.0. The first-order chi connectivity index (χ1) is 10.1. The fourth-order valence-corrected chi connectivity index (χ4v) is 4.37. The van der Waals surface area contributed by atoms with E-state index in [4.69, 9.17) is 0 Å². The van der Waals surface area contributed by atoms with Gasteiger partial charge in [0.1, 0.15) is 5.60 Å². The van der Waals surface area contributed by atoms with Crippen LogP contribution in [0.15, 0.2) is 18.2 Å². The molecular formula is C19H25NO. The molecule has 1 unspecified atom stereocenters. The van der Waals surface area contributed by atoms with Crippen LogP contribution in [0, 0.1) is 23.7 Å². The average Bonchev–Trinajstić information content (AvgIpc) is 2.78. The van der Waals surface area contributed by atoms with Crippen molar-refractivity contribution in [2.45, 2.75) is 70.3 Å². The molecule has 3 rings (SSSR count). The molecule has 112 valence electrons. The van der Waals surface area contributed by atoms with Gasteiger partial charge in [-0.3, -0.25) is 0 Å². The van der Waals surface area contributed by atoms with E-state index in [0.29, 0.717) is 6.42 Å². The molecule has 1 saturated carbocycles. The van der Waals surface area contributed by atoms with Crippen molar-refractivity contribution in [1.82, 2.24) is 0 Å². The highest BCUT2D eigenvalue weighted by atomic mass is 16.3. The average molecular weight is 283 g/mol. The molecule has 0 bridgehead atoms. The Bertz CT molecular complexity index is 563. The Kier molecular flexibility index (Phi) is 3.80. The highest BCUT2D eigenvalue weighted by Crippen LogP contribution is 2.54. The first-order valence-corrected chi connectivity index (χ1v) is 8.35. The molecule has 1 N–H and O–H groups in total. The van der Waals surface area contributed by atoms with Crippen LogP contribution in [0.3, 0.4) is 0 Å². The summed E-state index contributed by atoms with van der Waals surface area (Å²) in [6.45, 7) is 2.07. The van der Waals surface area contributed by atoms with E-state index in [0.717, 1.165) is 37.7 Å². The van der Waals surface area contributed by atoms with Gasteiger partial charge in [0.25, 0.3) is 0 Å². The van der Waals surface area contributed by atoms with Crippen molar-refractivity contribution in [3.63, 3.8) is 0 Å². The topological polar surface area (TPSA) is 44.0 Å². The van der Waals surface area contributed by atoms with E-state index in [1.54, 1.807) is 0 Å². The lowest BCUT2D eigenvalue weighted by atomic mass is 9.63. The summed E-state index contributed by atoms with van der Waals surface area (Å²) in [5, 5.41) is 21.5. The number of aryl methyl sites for hydroxylation is 2. The van der Waals surface area contributed by atoms with E-state index >= 15 is 0 Å². The van der Waals surface area contributed by atoms with Crippen molar-refractivity contribution in [3.8, 4) is 6.07 Å². The normalized spacial score (nSPS) is 28.2. The van der Waals surface area contributed by atoms with Crippen LogP contribution < -0.4 is 0 Å². The fourth-order valence-electron chi connectivity index (χ4n) is 4.37. The Morgan fingerprint density at radius 2 is 1.71 bits per heavy atom. The predicted molar refractivity (Wildman–Crippen MR) is 83.8 cm³/mol. The minimum atomic E-state index is -0.944. The summed E-state index contributed by atoms with van der Waals surface area (Å²) in [7, 11) is 0. The number of hydrogen-bond acceptors (Lipinski definition) is 2. The summed E-state index contributed by atoms with van der Waals surface area (Å²) in [6, 6.07) is 8.94. The van der Waals surface area contributed by atoms with Gasteiger partial charge in [0, 0.05) is 0 Å². The number of fused-ring (bicyclic) bond motifs is 1. The molecular weight excluding hydrogens is 258 g/mol. The molecule has 2 heteroatoms. The van der Waals surface area contributed by atoms with Gasteiger partial charge in [-0.25, -0.2) is 0 Å². The summed E-state index contributed by atoms with van der Waals surface area (Å²) < 4.78 is 0. The summed E-state index contributed by atoms with van der Waals surface area (Å²) in [6.07, 6.45) is 9.08. The minimum Gasteiger partial charge on any atom is -0.383 e. The summed E-state index contributed by atoms with van der Waals surface area (Å²) in [5.41, 5.74) is 1.91. The molecule has 0 radical (unpaired) electrons. The van der Waals surface area contributed by atoms with E-state index in [9.17, 15) is 10.4 Å². The highest BCUT2D eigenvalue weighted by Gasteiger charge is 2.54. The van der Waals surface area contributed by atoms with Crippen molar-refractivity contribution in [1.29, 1.82) is 5.26 Å². The zero-order valence-corrected chi connectivity index (χ0v) is 13.0. The molecule has 0 saturated heterocycles. The van der Waals surface area contributed by atoms with E-state index in [1.165, 1.54) is 30.4 Å². The Morgan fingerprint density at radius 3 is 2.38 bits per heavy atom. The standard InChI is InChI=1S/C19H25NO/c1-15-7-8-16-9-12-19(21,17(16)13-15)18(14-20)10-5-3-2-4-6-11-18/h7-8,13,21H,2-6,9-12H2,1H3. The van der Waals surface area contributed by atoms with Crippen LogP contribution >= 0.6 is 0 Å². The lowest BCUT2D eigenvalue weighted by molar-refractivity contribution is -0.0726. The number of rotatable bonds is 1. The molecule has 0 amide bonds. The summed E-state index contributed by atoms with van der Waals surface area (Å²) >= 11 is 0. The maximum Gasteiger partial charge on any atom is 0.109 e. The van der Waals surface area contributed by atoms with Gasteiger partial charge in [-0.15, -0.1) is 0 Å². The lowest BCUT2D eigenvalue weighted by Gasteiger charge is -2.42. The van der Waals surface area contributed by atoms with Crippen LogP contribution in [0.5, 0.6) is 0 Å². The Hall–Kier alpha value is -1.33. The molecule has 0 spiro atoms. The van der Waals surface area contributed by atoms with Gasteiger partial charge >= 0.3 is 0 Å². The van der Waals surface area contributed by atoms with Crippen molar-refractivity contribution < 1.29 is 5.11 Å². The van der Waals surface area contributed by atoms with E-state index in [1.807, 2.05) is 0 Å². The van der Waals surface area contributed by atoms with Gasteiger partial charge in [0.15, 0.2) is 0 Å². The van der Waals surface area contributed by atoms with Crippen LogP contribution in [0.1, 0.15) is 68.1 Å². The fraction of sp³-hybridized carbons (Fsp3) is 0.632. The molecule has 2 aliphatic rings. The third kappa shape index (κ3) is 2.28. The first kappa shape index (κ1) is 14.6. The molecule has 0 heterocycles. The molecule has 0 aliphatic heterocycles. The van der Waals surface area contributed by atoms with Crippen molar-refractivity contribution in [2.75, 3.05) is 0 Å². The smallest absolute Gasteiger partial charge is 0.109 e. The third-order valence-corrected chi connectivity index (χ3v) is 5.68. The van der Waals surface area contributed by atoms with Gasteiger partial charge < -0.3 is 5.11 Å². The summed E-state index contributed by atoms with van der Waals surface area (Å²) in [5.74, 6) is 0. The SMILES string of the molecule is Cc1ccc2c(c1)C(O)(C1(C#N)CCCCCCC1)CC2. The number of nitrogens with zero attached hydrogens (tertiary/aromatic N) is 1. The van der Waals surface area contributed by atoms with Gasteiger partial charge in [-0.1, -0.05) is 55.9 Å². The highest BCUT2D eigenvalue weighted by molar-refractivity contribution is 5.43. The van der Waals surface area contributed by atoms with Gasteiger partial charge in [-0.2, -0.15) is 5.26 Å². The van der Waals surface area contributed by atoms with Crippen LogP contribution in [0.2, 0.25) is 0 Å². The minimum absolute atomic E-state index is 0.591. The van der Waals surface area contributed by atoms with Crippen molar-refractivity contribution in [2.24, 2.45) is 5.41 Å². The molecule has 21 heavy (non-hydrogen) atoms. The van der Waals surface area contributed by atoms with Crippen molar-refractivity contribution >= 4 is 0 Å². The maximum absolute atomic E-state index is 11.5. The quantitative estimate of drug-likeness (QED) is 0.831. The predicted octanol–water partition coefficient (Wildman–Crippen LogP) is 4.38. The molecule has 2 nitrogen and oxygen atoms in total. The first-order valence-electron chi connectivity index (χ1n) is 8.35. The van der Waals surface area contributed by atoms with Crippen LogP contribution in [0.4, 0.5) is 0 Å². The van der Waals surface area contributed by atoms with E-state index in [2.05, 4.69) is 31.2 Å². The molecule has 2 aliphatic carbocycles. The van der Waals surface area contributed by atoms with Crippen LogP contribution in [-0.4, -0.2) is 5.11 Å². The molecule has 1 atom stereocenters. The number of nitriles is 1. The number of aliphatic hydroxyl groups is 1. The van der Waals surface area contributed by atoms with Gasteiger partial charge in [0.05, 0.1) is 11.5 Å².